The summed E-state index contributed by atoms with van der Waals surface area (Å²) < 4.78 is 1.80. The number of hydrogen-bond donors (Lipinski definition) is 3. The van der Waals surface area contributed by atoms with Gasteiger partial charge in [0.25, 0.3) is 5.91 Å². The maximum atomic E-state index is 12.2. The molecule has 2 aliphatic rings. The fraction of sp³-hybridized carbons (Fsp3) is 0.812. The smallest absolute Gasteiger partial charge is 0.273 e. The summed E-state index contributed by atoms with van der Waals surface area (Å²) >= 11 is 0. The molecule has 1 unspecified atom stereocenters. The van der Waals surface area contributed by atoms with E-state index in [1.807, 2.05) is 0 Å². The molecule has 23 heavy (non-hydrogen) atoms. The van der Waals surface area contributed by atoms with Gasteiger partial charge in [-0.15, -0.1) is 5.10 Å². The molecule has 1 aromatic heterocycles. The van der Waals surface area contributed by atoms with Crippen molar-refractivity contribution in [3.05, 3.63) is 11.9 Å². The molecule has 1 aromatic rings. The van der Waals surface area contributed by atoms with E-state index in [1.165, 1.54) is 19.3 Å². The van der Waals surface area contributed by atoms with Crippen LogP contribution in [0.2, 0.25) is 0 Å². The van der Waals surface area contributed by atoms with E-state index in [2.05, 4.69) is 20.9 Å². The summed E-state index contributed by atoms with van der Waals surface area (Å²) in [5, 5.41) is 24.4. The van der Waals surface area contributed by atoms with E-state index in [9.17, 15) is 9.90 Å². The SMILES string of the molecule is O=C(NCC(O)C1CCCCC1)c1cn(C2CCNCC2)nn1. The summed E-state index contributed by atoms with van der Waals surface area (Å²) in [6, 6.07) is 0.318. The number of rotatable bonds is 5. The lowest BCUT2D eigenvalue weighted by molar-refractivity contribution is 0.0736. The average molecular weight is 321 g/mol. The predicted molar refractivity (Wildman–Crippen MR) is 86.1 cm³/mol. The molecule has 0 spiro atoms. The highest BCUT2D eigenvalue weighted by Crippen LogP contribution is 2.26. The van der Waals surface area contributed by atoms with Gasteiger partial charge in [-0.05, 0) is 44.7 Å². The first-order valence-corrected chi connectivity index (χ1v) is 8.83. The minimum atomic E-state index is -0.460. The van der Waals surface area contributed by atoms with E-state index < -0.39 is 6.10 Å². The summed E-state index contributed by atoms with van der Waals surface area (Å²) in [5.41, 5.74) is 0.333. The standard InChI is InChI=1S/C16H27N5O2/c22-15(12-4-2-1-3-5-12)10-18-16(23)14-11-21(20-19-14)13-6-8-17-9-7-13/h11-13,15,17,22H,1-10H2,(H,18,23). The highest BCUT2D eigenvalue weighted by molar-refractivity contribution is 5.91. The molecule has 7 heteroatoms. The quantitative estimate of drug-likeness (QED) is 0.748. The van der Waals surface area contributed by atoms with Gasteiger partial charge in [-0.3, -0.25) is 4.79 Å². The normalized spacial score (nSPS) is 22.0. The number of aliphatic hydroxyl groups is 1. The monoisotopic (exact) mass is 321 g/mol. The Morgan fingerprint density at radius 3 is 2.78 bits per heavy atom. The van der Waals surface area contributed by atoms with Crippen molar-refractivity contribution < 1.29 is 9.90 Å². The fourth-order valence-corrected chi connectivity index (χ4v) is 3.60. The van der Waals surface area contributed by atoms with Gasteiger partial charge < -0.3 is 15.7 Å². The fourth-order valence-electron chi connectivity index (χ4n) is 3.60. The van der Waals surface area contributed by atoms with E-state index in [4.69, 9.17) is 0 Å². The van der Waals surface area contributed by atoms with Crippen molar-refractivity contribution in [2.45, 2.75) is 57.1 Å². The Bertz CT molecular complexity index is 506. The third-order valence-electron chi connectivity index (χ3n) is 5.09. The van der Waals surface area contributed by atoms with E-state index >= 15 is 0 Å². The molecule has 1 saturated heterocycles. The van der Waals surface area contributed by atoms with Crippen LogP contribution in [0.1, 0.15) is 61.5 Å². The molecule has 2 fully saturated rings. The second-order valence-electron chi connectivity index (χ2n) is 6.74. The molecule has 1 amide bonds. The van der Waals surface area contributed by atoms with Crippen molar-refractivity contribution in [2.24, 2.45) is 5.92 Å². The van der Waals surface area contributed by atoms with Gasteiger partial charge in [-0.25, -0.2) is 4.68 Å². The zero-order valence-corrected chi connectivity index (χ0v) is 13.6. The first-order chi connectivity index (χ1) is 11.2. The molecule has 3 rings (SSSR count). The highest BCUT2D eigenvalue weighted by atomic mass is 16.3. The van der Waals surface area contributed by atoms with E-state index in [0.717, 1.165) is 38.8 Å². The Balaban J connectivity index is 1.49. The van der Waals surface area contributed by atoms with Crippen LogP contribution in [0.25, 0.3) is 0 Å². The third kappa shape index (κ3) is 4.29. The van der Waals surface area contributed by atoms with Crippen LogP contribution in [0.3, 0.4) is 0 Å². The van der Waals surface area contributed by atoms with Crippen LogP contribution in [0.15, 0.2) is 6.20 Å². The molecule has 128 valence electrons. The lowest BCUT2D eigenvalue weighted by Gasteiger charge is -2.26. The van der Waals surface area contributed by atoms with Crippen LogP contribution >= 0.6 is 0 Å². The second kappa shape index (κ2) is 7.88. The van der Waals surface area contributed by atoms with E-state index in [0.29, 0.717) is 24.2 Å². The lowest BCUT2D eigenvalue weighted by Crippen LogP contribution is -2.37. The minimum absolute atomic E-state index is 0.250. The zero-order valence-electron chi connectivity index (χ0n) is 13.6. The summed E-state index contributed by atoms with van der Waals surface area (Å²) in [6.07, 6.45) is 9.01. The number of aromatic nitrogens is 3. The average Bonchev–Trinajstić information content (AvgIpc) is 3.11. The zero-order chi connectivity index (χ0) is 16.1. The van der Waals surface area contributed by atoms with Crippen molar-refractivity contribution in [3.63, 3.8) is 0 Å². The van der Waals surface area contributed by atoms with Crippen molar-refractivity contribution in [2.75, 3.05) is 19.6 Å². The van der Waals surface area contributed by atoms with Crippen molar-refractivity contribution in [3.8, 4) is 0 Å². The molecule has 7 nitrogen and oxygen atoms in total. The predicted octanol–water partition coefficient (Wildman–Crippen LogP) is 0.874. The molecule has 3 N–H and O–H groups in total. The molecular formula is C16H27N5O2. The maximum absolute atomic E-state index is 12.2. The molecule has 0 radical (unpaired) electrons. The van der Waals surface area contributed by atoms with Gasteiger partial charge in [-0.2, -0.15) is 0 Å². The molecule has 1 saturated carbocycles. The Hall–Kier alpha value is -1.47. The van der Waals surface area contributed by atoms with Crippen LogP contribution < -0.4 is 10.6 Å². The topological polar surface area (TPSA) is 92.1 Å². The summed E-state index contributed by atoms with van der Waals surface area (Å²) in [7, 11) is 0. The number of amides is 1. The van der Waals surface area contributed by atoms with E-state index in [1.54, 1.807) is 10.9 Å². The Morgan fingerprint density at radius 2 is 2.04 bits per heavy atom. The molecule has 1 aliphatic carbocycles. The molecule has 1 atom stereocenters. The first kappa shape index (κ1) is 16.4. The number of nitrogens with zero attached hydrogens (tertiary/aromatic N) is 3. The Morgan fingerprint density at radius 1 is 1.30 bits per heavy atom. The van der Waals surface area contributed by atoms with Crippen molar-refractivity contribution in [1.29, 1.82) is 0 Å². The van der Waals surface area contributed by atoms with Crippen LogP contribution in [-0.4, -0.2) is 51.7 Å². The van der Waals surface area contributed by atoms with Gasteiger partial charge >= 0.3 is 0 Å². The van der Waals surface area contributed by atoms with Crippen LogP contribution in [0, 0.1) is 5.92 Å². The number of piperidine rings is 1. The van der Waals surface area contributed by atoms with Gasteiger partial charge in [0.1, 0.15) is 0 Å². The number of carbonyl (C=O) groups excluding carboxylic acids is 1. The van der Waals surface area contributed by atoms with Crippen molar-refractivity contribution >= 4 is 5.91 Å². The van der Waals surface area contributed by atoms with Gasteiger partial charge in [0.2, 0.25) is 0 Å². The Kier molecular flexibility index (Phi) is 5.61. The molecule has 1 aliphatic heterocycles. The minimum Gasteiger partial charge on any atom is -0.391 e. The van der Waals surface area contributed by atoms with Gasteiger partial charge in [0, 0.05) is 6.54 Å². The highest BCUT2D eigenvalue weighted by Gasteiger charge is 2.23. The molecule has 0 bridgehead atoms. The van der Waals surface area contributed by atoms with Gasteiger partial charge in [0.15, 0.2) is 5.69 Å². The van der Waals surface area contributed by atoms with Crippen molar-refractivity contribution in [1.82, 2.24) is 25.6 Å². The third-order valence-corrected chi connectivity index (χ3v) is 5.09. The second-order valence-corrected chi connectivity index (χ2v) is 6.74. The van der Waals surface area contributed by atoms with Gasteiger partial charge in [-0.1, -0.05) is 24.5 Å². The number of aliphatic hydroxyl groups excluding tert-OH is 1. The largest absolute Gasteiger partial charge is 0.391 e. The van der Waals surface area contributed by atoms with E-state index in [-0.39, 0.29) is 5.91 Å². The molecule has 0 aromatic carbocycles. The molecule has 2 heterocycles. The maximum Gasteiger partial charge on any atom is 0.273 e. The van der Waals surface area contributed by atoms with Crippen LogP contribution in [0.4, 0.5) is 0 Å². The summed E-state index contributed by atoms with van der Waals surface area (Å²) in [6.45, 7) is 2.24. The first-order valence-electron chi connectivity index (χ1n) is 8.83. The van der Waals surface area contributed by atoms with Crippen LogP contribution in [-0.2, 0) is 0 Å². The number of carbonyl (C=O) groups is 1. The van der Waals surface area contributed by atoms with Gasteiger partial charge in [0.05, 0.1) is 18.3 Å². The number of nitrogens with one attached hydrogen (secondary N) is 2. The lowest BCUT2D eigenvalue weighted by atomic mass is 9.85. The summed E-state index contributed by atoms with van der Waals surface area (Å²) in [4.78, 5) is 12.2. The summed E-state index contributed by atoms with van der Waals surface area (Å²) in [5.74, 6) is 0.0644. The number of hydrogen-bond acceptors (Lipinski definition) is 5. The Labute approximate surface area is 136 Å². The molecular weight excluding hydrogens is 294 g/mol. The van der Waals surface area contributed by atoms with Crippen LogP contribution in [0.5, 0.6) is 0 Å².